The molecule has 0 bridgehead atoms. The van der Waals surface area contributed by atoms with Crippen molar-refractivity contribution in [2.45, 2.75) is 6.54 Å². The number of hydrogen-bond acceptors (Lipinski definition) is 5. The van der Waals surface area contributed by atoms with Crippen LogP contribution in [0.3, 0.4) is 0 Å². The highest BCUT2D eigenvalue weighted by molar-refractivity contribution is 9.10. The second-order valence-electron chi connectivity index (χ2n) is 3.58. The van der Waals surface area contributed by atoms with Gasteiger partial charge in [-0.15, -0.1) is 0 Å². The van der Waals surface area contributed by atoms with Gasteiger partial charge in [-0.3, -0.25) is 0 Å². The Morgan fingerprint density at radius 2 is 2.21 bits per heavy atom. The molecule has 7 heteroatoms. The zero-order valence-electron chi connectivity index (χ0n) is 10.1. The number of halogens is 2. The van der Waals surface area contributed by atoms with Crippen molar-refractivity contribution in [3.8, 4) is 17.6 Å². The van der Waals surface area contributed by atoms with Crippen molar-refractivity contribution in [3.63, 3.8) is 0 Å². The summed E-state index contributed by atoms with van der Waals surface area (Å²) in [5.41, 5.74) is 6.10. The van der Waals surface area contributed by atoms with Crippen LogP contribution in [0.25, 0.3) is 0 Å². The van der Waals surface area contributed by atoms with Gasteiger partial charge in [0.1, 0.15) is 0 Å². The van der Waals surface area contributed by atoms with Crippen LogP contribution in [0.15, 0.2) is 28.9 Å². The fourth-order valence-corrected chi connectivity index (χ4v) is 1.73. The molecule has 0 fully saturated rings. The predicted molar refractivity (Wildman–Crippen MR) is 70.6 cm³/mol. The van der Waals surface area contributed by atoms with Gasteiger partial charge in [-0.2, -0.15) is 4.98 Å². The molecule has 0 aliphatic heterocycles. The van der Waals surface area contributed by atoms with E-state index in [0.717, 1.165) is 0 Å². The van der Waals surface area contributed by atoms with Gasteiger partial charge in [0, 0.05) is 6.54 Å². The number of aromatic nitrogens is 2. The molecule has 0 aliphatic rings. The fraction of sp³-hybridized carbons (Fsp3) is 0.167. The molecule has 1 aromatic carbocycles. The van der Waals surface area contributed by atoms with E-state index in [1.54, 1.807) is 6.07 Å². The first-order valence-electron chi connectivity index (χ1n) is 5.37. The predicted octanol–water partition coefficient (Wildman–Crippen LogP) is 2.64. The third kappa shape index (κ3) is 3.18. The fourth-order valence-electron chi connectivity index (χ4n) is 1.38. The highest BCUT2D eigenvalue weighted by Crippen LogP contribution is 2.27. The Balaban J connectivity index is 2.26. The molecule has 0 saturated carbocycles. The summed E-state index contributed by atoms with van der Waals surface area (Å²) in [7, 11) is 1.47. The molecule has 5 nitrogen and oxygen atoms in total. The summed E-state index contributed by atoms with van der Waals surface area (Å²) >= 11 is 3.22. The van der Waals surface area contributed by atoms with E-state index in [4.69, 9.17) is 15.2 Å². The van der Waals surface area contributed by atoms with Crippen molar-refractivity contribution in [1.29, 1.82) is 0 Å². The third-order valence-electron chi connectivity index (χ3n) is 2.32. The standard InChI is InChI=1S/C12H11BrFN3O2/c1-18-11-8(13)6-16-12(17-11)19-10-3-2-7(5-15)4-9(10)14/h2-4,6H,5,15H2,1H3. The maximum absolute atomic E-state index is 13.7. The van der Waals surface area contributed by atoms with Crippen molar-refractivity contribution in [1.82, 2.24) is 9.97 Å². The summed E-state index contributed by atoms with van der Waals surface area (Å²) in [5, 5.41) is 0. The van der Waals surface area contributed by atoms with Crippen molar-refractivity contribution in [2.75, 3.05) is 7.11 Å². The lowest BCUT2D eigenvalue weighted by Crippen LogP contribution is -1.99. The molecular formula is C12H11BrFN3O2. The molecule has 2 rings (SSSR count). The molecule has 100 valence electrons. The lowest BCUT2D eigenvalue weighted by molar-refractivity contribution is 0.366. The number of methoxy groups -OCH3 is 1. The summed E-state index contributed by atoms with van der Waals surface area (Å²) in [6.07, 6.45) is 1.47. The summed E-state index contributed by atoms with van der Waals surface area (Å²) in [6, 6.07) is 4.47. The zero-order valence-corrected chi connectivity index (χ0v) is 11.6. The van der Waals surface area contributed by atoms with Crippen LogP contribution >= 0.6 is 15.9 Å². The summed E-state index contributed by atoms with van der Waals surface area (Å²) in [5.74, 6) is -0.181. The molecule has 2 N–H and O–H groups in total. The Hall–Kier alpha value is -1.73. The van der Waals surface area contributed by atoms with Gasteiger partial charge in [-0.1, -0.05) is 6.07 Å². The van der Waals surface area contributed by atoms with Crippen LogP contribution in [0.4, 0.5) is 4.39 Å². The van der Waals surface area contributed by atoms with E-state index >= 15 is 0 Å². The van der Waals surface area contributed by atoms with Gasteiger partial charge in [-0.25, -0.2) is 9.37 Å². The molecule has 0 radical (unpaired) electrons. The van der Waals surface area contributed by atoms with E-state index in [9.17, 15) is 4.39 Å². The van der Waals surface area contributed by atoms with E-state index in [-0.39, 0.29) is 18.3 Å². The minimum atomic E-state index is -0.520. The molecule has 0 saturated heterocycles. The molecule has 2 aromatic rings. The average Bonchev–Trinajstić information content (AvgIpc) is 2.43. The topological polar surface area (TPSA) is 70.3 Å². The normalized spacial score (nSPS) is 10.3. The zero-order chi connectivity index (χ0) is 13.8. The monoisotopic (exact) mass is 327 g/mol. The summed E-state index contributed by atoms with van der Waals surface area (Å²) in [6.45, 7) is 0.264. The number of hydrogen-bond donors (Lipinski definition) is 1. The number of nitrogens with two attached hydrogens (primary N) is 1. The minimum absolute atomic E-state index is 0.000511. The lowest BCUT2D eigenvalue weighted by Gasteiger charge is -2.07. The second-order valence-corrected chi connectivity index (χ2v) is 4.44. The van der Waals surface area contributed by atoms with Gasteiger partial charge in [0.2, 0.25) is 5.88 Å². The Morgan fingerprint density at radius 3 is 2.84 bits per heavy atom. The molecule has 0 aliphatic carbocycles. The first-order valence-corrected chi connectivity index (χ1v) is 6.16. The molecule has 19 heavy (non-hydrogen) atoms. The molecule has 0 spiro atoms. The van der Waals surface area contributed by atoms with Crippen LogP contribution < -0.4 is 15.2 Å². The van der Waals surface area contributed by atoms with Crippen LogP contribution in [0.1, 0.15) is 5.56 Å². The summed E-state index contributed by atoms with van der Waals surface area (Å²) in [4.78, 5) is 7.89. The smallest absolute Gasteiger partial charge is 0.325 e. The van der Waals surface area contributed by atoms with Crippen LogP contribution in [0.5, 0.6) is 17.6 Å². The minimum Gasteiger partial charge on any atom is -0.480 e. The second kappa shape index (κ2) is 5.94. The van der Waals surface area contributed by atoms with Gasteiger partial charge in [0.25, 0.3) is 0 Å². The third-order valence-corrected chi connectivity index (χ3v) is 2.86. The first kappa shape index (κ1) is 13.7. The largest absolute Gasteiger partial charge is 0.480 e. The van der Waals surface area contributed by atoms with Crippen molar-refractivity contribution in [3.05, 3.63) is 40.2 Å². The van der Waals surface area contributed by atoms with E-state index < -0.39 is 5.82 Å². The maximum Gasteiger partial charge on any atom is 0.325 e. The molecule has 1 aromatic heterocycles. The lowest BCUT2D eigenvalue weighted by atomic mass is 10.2. The molecule has 0 unspecified atom stereocenters. The number of nitrogens with zero attached hydrogens (tertiary/aromatic N) is 2. The highest BCUT2D eigenvalue weighted by Gasteiger charge is 2.10. The van der Waals surface area contributed by atoms with Gasteiger partial charge in [0.15, 0.2) is 11.6 Å². The Labute approximate surface area is 117 Å². The van der Waals surface area contributed by atoms with Crippen LogP contribution in [-0.4, -0.2) is 17.1 Å². The van der Waals surface area contributed by atoms with Crippen LogP contribution in [0, 0.1) is 5.82 Å². The quantitative estimate of drug-likeness (QED) is 0.934. The van der Waals surface area contributed by atoms with Crippen LogP contribution in [0.2, 0.25) is 0 Å². The SMILES string of the molecule is COc1nc(Oc2ccc(CN)cc2F)ncc1Br. The Morgan fingerprint density at radius 1 is 1.42 bits per heavy atom. The molecule has 0 amide bonds. The van der Waals surface area contributed by atoms with Gasteiger partial charge in [0.05, 0.1) is 17.8 Å². The van der Waals surface area contributed by atoms with Crippen molar-refractivity contribution in [2.24, 2.45) is 5.73 Å². The van der Waals surface area contributed by atoms with Gasteiger partial charge >= 0.3 is 6.01 Å². The maximum atomic E-state index is 13.7. The molecule has 1 heterocycles. The number of rotatable bonds is 4. The van der Waals surface area contributed by atoms with Gasteiger partial charge < -0.3 is 15.2 Å². The molecule has 0 atom stereocenters. The van der Waals surface area contributed by atoms with E-state index in [1.807, 2.05) is 0 Å². The van der Waals surface area contributed by atoms with E-state index in [0.29, 0.717) is 15.9 Å². The summed E-state index contributed by atoms with van der Waals surface area (Å²) < 4.78 is 24.6. The van der Waals surface area contributed by atoms with Crippen molar-refractivity contribution >= 4 is 15.9 Å². The van der Waals surface area contributed by atoms with Crippen molar-refractivity contribution < 1.29 is 13.9 Å². The first-order chi connectivity index (χ1) is 9.13. The number of ether oxygens (including phenoxy) is 2. The van der Waals surface area contributed by atoms with E-state index in [2.05, 4.69) is 25.9 Å². The highest BCUT2D eigenvalue weighted by atomic mass is 79.9. The van der Waals surface area contributed by atoms with Crippen LogP contribution in [-0.2, 0) is 6.54 Å². The Bertz CT molecular complexity index is 595. The van der Waals surface area contributed by atoms with Gasteiger partial charge in [-0.05, 0) is 33.6 Å². The number of benzene rings is 1. The van der Waals surface area contributed by atoms with E-state index in [1.165, 1.54) is 25.4 Å². The molecular weight excluding hydrogens is 317 g/mol. The average molecular weight is 328 g/mol. The Kier molecular flexibility index (Phi) is 4.28.